The van der Waals surface area contributed by atoms with Crippen molar-refractivity contribution < 1.29 is 4.79 Å². The molecule has 0 aliphatic rings. The molecule has 0 saturated carbocycles. The Kier molecular flexibility index (Phi) is 7.01. The van der Waals surface area contributed by atoms with Crippen molar-refractivity contribution in [3.63, 3.8) is 0 Å². The summed E-state index contributed by atoms with van der Waals surface area (Å²) in [7, 11) is -1.71. The third-order valence-electron chi connectivity index (χ3n) is 5.82. The van der Waals surface area contributed by atoms with E-state index in [4.69, 9.17) is 0 Å². The third-order valence-corrected chi connectivity index (χ3v) is 6.69. The van der Waals surface area contributed by atoms with Crippen LogP contribution in [0.15, 0.2) is 97.1 Å². The molecule has 0 bridgehead atoms. The summed E-state index contributed by atoms with van der Waals surface area (Å²) in [5.74, 6) is 3.74. The average Bonchev–Trinajstić information content (AvgIpc) is 2.79. The summed E-state index contributed by atoms with van der Waals surface area (Å²) in [5, 5.41) is 0. The van der Waals surface area contributed by atoms with E-state index in [1.807, 2.05) is 86.7 Å². The Balaban J connectivity index is 2.25. The van der Waals surface area contributed by atoms with Crippen molar-refractivity contribution in [1.82, 2.24) is 0 Å². The van der Waals surface area contributed by atoms with Crippen LogP contribution in [0.1, 0.15) is 30.5 Å². The Hall–Kier alpha value is -3.15. The van der Waals surface area contributed by atoms with Crippen molar-refractivity contribution in [2.75, 3.05) is 0 Å². The zero-order chi connectivity index (χ0) is 23.2. The van der Waals surface area contributed by atoms with E-state index in [1.54, 1.807) is 6.08 Å². The lowest BCUT2D eigenvalue weighted by molar-refractivity contribution is -0.123. The van der Waals surface area contributed by atoms with Crippen LogP contribution in [-0.2, 0) is 10.2 Å². The van der Waals surface area contributed by atoms with Crippen molar-refractivity contribution in [2.45, 2.75) is 38.9 Å². The molecule has 2 heteroatoms. The fourth-order valence-electron chi connectivity index (χ4n) is 3.98. The smallest absolute Gasteiger partial charge is 0.163 e. The largest absolute Gasteiger partial charge is 0.294 e. The van der Waals surface area contributed by atoms with Crippen molar-refractivity contribution in [2.24, 2.45) is 5.41 Å². The molecular weight excluding hydrogens is 404 g/mol. The van der Waals surface area contributed by atoms with Gasteiger partial charge in [-0.1, -0.05) is 136 Å². The van der Waals surface area contributed by atoms with Crippen LogP contribution in [0.25, 0.3) is 6.08 Å². The summed E-state index contributed by atoms with van der Waals surface area (Å²) in [6.07, 6.45) is 3.61. The van der Waals surface area contributed by atoms with E-state index in [-0.39, 0.29) is 5.78 Å². The fourth-order valence-corrected chi connectivity index (χ4v) is 4.54. The lowest BCUT2D eigenvalue weighted by atomic mass is 9.57. The maximum absolute atomic E-state index is 13.8. The topological polar surface area (TPSA) is 17.1 Å². The molecule has 0 N–H and O–H groups in total. The van der Waals surface area contributed by atoms with E-state index >= 15 is 0 Å². The van der Waals surface area contributed by atoms with Gasteiger partial charge in [0.05, 0.1) is 10.8 Å². The first-order chi connectivity index (χ1) is 15.2. The predicted octanol–water partition coefficient (Wildman–Crippen LogP) is 7.16. The number of hydrogen-bond acceptors (Lipinski definition) is 1. The van der Waals surface area contributed by atoms with E-state index in [1.165, 1.54) is 0 Å². The van der Waals surface area contributed by atoms with Gasteiger partial charge in [-0.15, -0.1) is 5.54 Å². The Morgan fingerprint density at radius 3 is 1.62 bits per heavy atom. The zero-order valence-corrected chi connectivity index (χ0v) is 20.7. The Bertz CT molecular complexity index is 1090. The Labute approximate surface area is 194 Å². The molecule has 0 spiro atoms. The van der Waals surface area contributed by atoms with E-state index in [0.717, 1.165) is 16.7 Å². The highest BCUT2D eigenvalue weighted by Gasteiger charge is 2.50. The van der Waals surface area contributed by atoms with Crippen molar-refractivity contribution >= 4 is 19.9 Å². The highest BCUT2D eigenvalue weighted by atomic mass is 28.3. The van der Waals surface area contributed by atoms with Gasteiger partial charge in [0.1, 0.15) is 8.07 Å². The average molecular weight is 437 g/mol. The van der Waals surface area contributed by atoms with Crippen LogP contribution in [-0.4, -0.2) is 13.9 Å². The van der Waals surface area contributed by atoms with Gasteiger partial charge in [0.2, 0.25) is 0 Å². The van der Waals surface area contributed by atoms with E-state index in [9.17, 15) is 4.79 Å². The molecule has 0 atom stereocenters. The molecule has 0 heterocycles. The van der Waals surface area contributed by atoms with Crippen molar-refractivity contribution in [3.8, 4) is 11.5 Å². The number of hydrogen-bond donors (Lipinski definition) is 0. The molecule has 1 nitrogen and oxygen atoms in total. The van der Waals surface area contributed by atoms with Crippen LogP contribution < -0.4 is 0 Å². The summed E-state index contributed by atoms with van der Waals surface area (Å²) >= 11 is 0. The Morgan fingerprint density at radius 1 is 0.750 bits per heavy atom. The van der Waals surface area contributed by atoms with E-state index in [2.05, 4.69) is 55.4 Å². The standard InChI is InChI=1S/C30H32OSi/c1-29(2,28(31)22-21-25-15-9-6-10-16-25)30(23-24-32(3,4)5,26-17-11-7-12-18-26)27-19-13-8-14-20-27/h6-22H,1-5H3/b22-21+. The maximum Gasteiger partial charge on any atom is 0.163 e. The summed E-state index contributed by atoms with van der Waals surface area (Å²) < 4.78 is 0. The molecule has 0 fully saturated rings. The van der Waals surface area contributed by atoms with Gasteiger partial charge in [-0.3, -0.25) is 4.79 Å². The lowest BCUT2D eigenvalue weighted by Gasteiger charge is -2.43. The molecule has 0 saturated heterocycles. The maximum atomic E-state index is 13.8. The summed E-state index contributed by atoms with van der Waals surface area (Å²) in [6.45, 7) is 10.8. The zero-order valence-electron chi connectivity index (χ0n) is 19.7. The SMILES string of the molecule is CC(C)(C(=O)/C=C/c1ccccc1)C(C#C[Si](C)(C)C)(c1ccccc1)c1ccccc1. The minimum atomic E-state index is -1.71. The van der Waals surface area contributed by atoms with Gasteiger partial charge in [-0.25, -0.2) is 0 Å². The predicted molar refractivity (Wildman–Crippen MR) is 139 cm³/mol. The molecule has 0 unspecified atom stereocenters. The molecule has 0 aliphatic carbocycles. The summed E-state index contributed by atoms with van der Waals surface area (Å²) in [6, 6.07) is 30.5. The van der Waals surface area contributed by atoms with Gasteiger partial charge < -0.3 is 0 Å². The van der Waals surface area contributed by atoms with Crippen LogP contribution in [0, 0.1) is 16.9 Å². The number of ketones is 1. The number of rotatable bonds is 6. The Morgan fingerprint density at radius 2 is 1.19 bits per heavy atom. The highest BCUT2D eigenvalue weighted by Crippen LogP contribution is 2.48. The minimum Gasteiger partial charge on any atom is -0.294 e. The number of carbonyl (C=O) groups excluding carboxylic acids is 1. The van der Waals surface area contributed by atoms with Crippen molar-refractivity contribution in [1.29, 1.82) is 0 Å². The van der Waals surface area contributed by atoms with Crippen LogP contribution >= 0.6 is 0 Å². The summed E-state index contributed by atoms with van der Waals surface area (Å²) in [5.41, 5.74) is 5.14. The van der Waals surface area contributed by atoms with Gasteiger partial charge in [0.15, 0.2) is 5.78 Å². The molecule has 3 aromatic rings. The highest BCUT2D eigenvalue weighted by molar-refractivity contribution is 6.83. The molecular formula is C30H32OSi. The second-order valence-corrected chi connectivity index (χ2v) is 14.5. The molecule has 32 heavy (non-hydrogen) atoms. The second kappa shape index (κ2) is 9.55. The molecule has 162 valence electrons. The van der Waals surface area contributed by atoms with E-state index < -0.39 is 18.9 Å². The first kappa shape index (κ1) is 23.5. The second-order valence-electron chi connectivity index (χ2n) is 9.72. The molecule has 3 aromatic carbocycles. The first-order valence-electron chi connectivity index (χ1n) is 11.1. The van der Waals surface area contributed by atoms with Gasteiger partial charge in [0, 0.05) is 0 Å². The monoisotopic (exact) mass is 436 g/mol. The third kappa shape index (κ3) is 5.01. The molecule has 0 radical (unpaired) electrons. The minimum absolute atomic E-state index is 0.0546. The molecule has 0 aromatic heterocycles. The molecule has 3 rings (SSSR count). The number of benzene rings is 3. The molecule has 0 amide bonds. The van der Waals surface area contributed by atoms with Gasteiger partial charge >= 0.3 is 0 Å². The molecule has 0 aliphatic heterocycles. The fraction of sp³-hybridized carbons (Fsp3) is 0.233. The lowest BCUT2D eigenvalue weighted by Crippen LogP contribution is -2.47. The van der Waals surface area contributed by atoms with Gasteiger partial charge in [-0.2, -0.15) is 0 Å². The summed E-state index contributed by atoms with van der Waals surface area (Å²) in [4.78, 5) is 13.8. The van der Waals surface area contributed by atoms with Crippen LogP contribution in [0.2, 0.25) is 19.6 Å². The number of carbonyl (C=O) groups is 1. The normalized spacial score (nSPS) is 12.3. The van der Waals surface area contributed by atoms with Crippen LogP contribution in [0.5, 0.6) is 0 Å². The number of allylic oxidation sites excluding steroid dienone is 1. The van der Waals surface area contributed by atoms with Crippen molar-refractivity contribution in [3.05, 3.63) is 114 Å². The van der Waals surface area contributed by atoms with Crippen LogP contribution in [0.3, 0.4) is 0 Å². The van der Waals surface area contributed by atoms with Crippen LogP contribution in [0.4, 0.5) is 0 Å². The quantitative estimate of drug-likeness (QED) is 0.227. The van der Waals surface area contributed by atoms with Gasteiger partial charge in [-0.05, 0) is 22.8 Å². The van der Waals surface area contributed by atoms with E-state index in [0.29, 0.717) is 0 Å². The van der Waals surface area contributed by atoms with Gasteiger partial charge in [0.25, 0.3) is 0 Å². The first-order valence-corrected chi connectivity index (χ1v) is 14.6.